The molecule has 39 heavy (non-hydrogen) atoms. The first kappa shape index (κ1) is 30.2. The van der Waals surface area contributed by atoms with E-state index in [1.165, 1.54) is 36.2 Å². The molecule has 0 fully saturated rings. The average Bonchev–Trinajstić information content (AvgIpc) is 3.56. The molecule has 14 heteroatoms. The smallest absolute Gasteiger partial charge is 0.298 e. The van der Waals surface area contributed by atoms with Crippen LogP contribution in [0, 0.1) is 0 Å². The highest BCUT2D eigenvalue weighted by Gasteiger charge is 2.50. The first-order valence-corrected chi connectivity index (χ1v) is 14.5. The van der Waals surface area contributed by atoms with E-state index in [2.05, 4.69) is 10.1 Å². The fraction of sp³-hybridized carbons (Fsp3) is 0.440. The molecule has 0 aliphatic rings. The highest BCUT2D eigenvalue weighted by atomic mass is 32.2. The molecular weight excluding hydrogens is 544 g/mol. The van der Waals surface area contributed by atoms with Crippen molar-refractivity contribution in [1.82, 2.24) is 19.5 Å². The number of aromatic nitrogens is 3. The van der Waals surface area contributed by atoms with Crippen molar-refractivity contribution < 1.29 is 27.5 Å². The van der Waals surface area contributed by atoms with Crippen LogP contribution in [0.5, 0.6) is 5.75 Å². The number of thiazole rings is 1. The van der Waals surface area contributed by atoms with E-state index in [0.717, 1.165) is 16.9 Å². The standard InChI is InChI=1S/C25H34N6O6S2/c1-24(2,3)19-9-8-18(16-20(19)37-5)21(32)31(23-27-12-15-38-23)25(10-6-14-36-4,17-30-13-7-11-28-30)22(33)29-39(26,34)35/h7-9,11-13,15-16H,6,10,14,17H2,1-5H3,(H,29,33)(H2,26,34,35). The number of carbonyl (C=O) groups is 2. The lowest BCUT2D eigenvalue weighted by Crippen LogP contribution is -2.64. The SMILES string of the molecule is COCCCC(Cn1cccn1)(C(=O)NS(N)(=O)=O)N(C(=O)c1ccc(C(C)(C)C)c(OC)c1)c1nccs1. The summed E-state index contributed by atoms with van der Waals surface area (Å²) in [7, 11) is -1.45. The Morgan fingerprint density at radius 1 is 1.21 bits per heavy atom. The second-order valence-corrected chi connectivity index (χ2v) is 12.1. The molecule has 1 unspecified atom stereocenters. The lowest BCUT2D eigenvalue weighted by molar-refractivity contribution is -0.125. The van der Waals surface area contributed by atoms with E-state index in [0.29, 0.717) is 12.2 Å². The number of nitrogens with two attached hydrogens (primary N) is 1. The molecule has 0 aliphatic carbocycles. The summed E-state index contributed by atoms with van der Waals surface area (Å²) in [6, 6.07) is 6.71. The molecule has 3 aromatic rings. The van der Waals surface area contributed by atoms with Crippen molar-refractivity contribution in [3.8, 4) is 5.75 Å². The number of carbonyl (C=O) groups excluding carboxylic acids is 2. The molecule has 0 spiro atoms. The molecule has 212 valence electrons. The molecule has 0 aliphatic heterocycles. The molecule has 0 bridgehead atoms. The minimum Gasteiger partial charge on any atom is -0.496 e. The van der Waals surface area contributed by atoms with Gasteiger partial charge in [0.05, 0.1) is 13.7 Å². The normalized spacial score (nSPS) is 13.5. The Morgan fingerprint density at radius 2 is 1.95 bits per heavy atom. The van der Waals surface area contributed by atoms with Gasteiger partial charge in [0.15, 0.2) is 5.13 Å². The van der Waals surface area contributed by atoms with Gasteiger partial charge >= 0.3 is 0 Å². The average molecular weight is 579 g/mol. The Labute approximate surface area is 232 Å². The summed E-state index contributed by atoms with van der Waals surface area (Å²) in [6.07, 6.45) is 4.93. The number of benzene rings is 1. The summed E-state index contributed by atoms with van der Waals surface area (Å²) in [5, 5.41) is 11.3. The van der Waals surface area contributed by atoms with Crippen molar-refractivity contribution in [3.05, 3.63) is 59.4 Å². The van der Waals surface area contributed by atoms with Crippen LogP contribution >= 0.6 is 11.3 Å². The Balaban J connectivity index is 2.27. The van der Waals surface area contributed by atoms with Gasteiger partial charge < -0.3 is 9.47 Å². The van der Waals surface area contributed by atoms with Crippen LogP contribution in [0.2, 0.25) is 0 Å². The first-order chi connectivity index (χ1) is 18.3. The van der Waals surface area contributed by atoms with Crippen LogP contribution in [0.25, 0.3) is 0 Å². The second kappa shape index (κ2) is 12.2. The molecular formula is C25H34N6O6S2. The minimum absolute atomic E-state index is 0.00455. The fourth-order valence-electron chi connectivity index (χ4n) is 4.31. The fourth-order valence-corrected chi connectivity index (χ4v) is 5.48. The van der Waals surface area contributed by atoms with E-state index < -0.39 is 27.6 Å². The zero-order valence-corrected chi connectivity index (χ0v) is 24.2. The summed E-state index contributed by atoms with van der Waals surface area (Å²) in [4.78, 5) is 33.8. The van der Waals surface area contributed by atoms with Crippen LogP contribution in [0.4, 0.5) is 5.13 Å². The van der Waals surface area contributed by atoms with Gasteiger partial charge in [-0.2, -0.15) is 13.5 Å². The maximum atomic E-state index is 14.4. The third-order valence-electron chi connectivity index (χ3n) is 6.08. The van der Waals surface area contributed by atoms with Crippen LogP contribution in [0.15, 0.2) is 48.2 Å². The number of methoxy groups -OCH3 is 2. The van der Waals surface area contributed by atoms with Crippen molar-refractivity contribution in [2.75, 3.05) is 25.7 Å². The molecule has 0 saturated heterocycles. The predicted octanol–water partition coefficient (Wildman–Crippen LogP) is 2.48. The van der Waals surface area contributed by atoms with Gasteiger partial charge in [-0.1, -0.05) is 26.8 Å². The quantitative estimate of drug-likeness (QED) is 0.310. The maximum absolute atomic E-state index is 14.4. The largest absolute Gasteiger partial charge is 0.496 e. The highest BCUT2D eigenvalue weighted by molar-refractivity contribution is 7.87. The van der Waals surface area contributed by atoms with Gasteiger partial charge in [0.1, 0.15) is 11.3 Å². The lowest BCUT2D eigenvalue weighted by atomic mass is 9.85. The molecule has 12 nitrogen and oxygen atoms in total. The van der Waals surface area contributed by atoms with Gasteiger partial charge in [0.25, 0.3) is 22.0 Å². The number of ether oxygens (including phenoxy) is 2. The zero-order chi connectivity index (χ0) is 28.8. The maximum Gasteiger partial charge on any atom is 0.298 e. The minimum atomic E-state index is -4.48. The molecule has 2 heterocycles. The van der Waals surface area contributed by atoms with Gasteiger partial charge in [-0.05, 0) is 42.0 Å². The summed E-state index contributed by atoms with van der Waals surface area (Å²) in [5.74, 6) is -1.09. The van der Waals surface area contributed by atoms with Gasteiger partial charge in [-0.15, -0.1) is 11.3 Å². The Bertz CT molecular complexity index is 1370. The van der Waals surface area contributed by atoms with Gasteiger partial charge in [0.2, 0.25) is 0 Å². The van der Waals surface area contributed by atoms with Crippen LogP contribution in [0.3, 0.4) is 0 Å². The van der Waals surface area contributed by atoms with Gasteiger partial charge in [0, 0.05) is 43.3 Å². The molecule has 0 saturated carbocycles. The van der Waals surface area contributed by atoms with Crippen LogP contribution in [-0.2, 0) is 31.7 Å². The third kappa shape index (κ3) is 7.20. The van der Waals surface area contributed by atoms with E-state index >= 15 is 0 Å². The monoisotopic (exact) mass is 578 g/mol. The predicted molar refractivity (Wildman–Crippen MR) is 148 cm³/mol. The van der Waals surface area contributed by atoms with Crippen LogP contribution in [-0.4, -0.2) is 61.4 Å². The Morgan fingerprint density at radius 3 is 2.49 bits per heavy atom. The number of nitrogens with zero attached hydrogens (tertiary/aromatic N) is 4. The topological polar surface area (TPSA) is 159 Å². The van der Waals surface area contributed by atoms with E-state index in [9.17, 15) is 18.0 Å². The molecule has 2 amide bonds. The number of amides is 2. The summed E-state index contributed by atoms with van der Waals surface area (Å²) < 4.78 is 38.3. The van der Waals surface area contributed by atoms with Crippen molar-refractivity contribution in [2.45, 2.75) is 51.1 Å². The van der Waals surface area contributed by atoms with Crippen molar-refractivity contribution in [3.63, 3.8) is 0 Å². The van der Waals surface area contributed by atoms with E-state index in [4.69, 9.17) is 14.6 Å². The van der Waals surface area contributed by atoms with Crippen LogP contribution < -0.4 is 19.5 Å². The molecule has 1 atom stereocenters. The Hall–Kier alpha value is -3.33. The third-order valence-corrected chi connectivity index (χ3v) is 7.30. The summed E-state index contributed by atoms with van der Waals surface area (Å²) in [5.41, 5.74) is -0.976. The number of hydrogen-bond donors (Lipinski definition) is 2. The highest BCUT2D eigenvalue weighted by Crippen LogP contribution is 2.36. The van der Waals surface area contributed by atoms with Gasteiger partial charge in [-0.3, -0.25) is 19.2 Å². The molecule has 3 N–H and O–H groups in total. The second-order valence-electron chi connectivity index (χ2n) is 9.93. The van der Waals surface area contributed by atoms with Crippen LogP contribution in [0.1, 0.15) is 49.5 Å². The number of hydrogen-bond acceptors (Lipinski definition) is 9. The first-order valence-electron chi connectivity index (χ1n) is 12.1. The van der Waals surface area contributed by atoms with Crippen molar-refractivity contribution in [2.24, 2.45) is 5.14 Å². The van der Waals surface area contributed by atoms with Gasteiger partial charge in [-0.25, -0.2) is 14.8 Å². The summed E-state index contributed by atoms with van der Waals surface area (Å²) >= 11 is 1.13. The molecule has 2 aromatic heterocycles. The Kier molecular flexibility index (Phi) is 9.48. The van der Waals surface area contributed by atoms with E-state index in [1.807, 2.05) is 25.5 Å². The lowest BCUT2D eigenvalue weighted by Gasteiger charge is -2.41. The molecule has 3 rings (SSSR count). The molecule has 1 aromatic carbocycles. The summed E-state index contributed by atoms with van der Waals surface area (Å²) in [6.45, 7) is 6.13. The van der Waals surface area contributed by atoms with E-state index in [1.54, 1.807) is 35.8 Å². The number of nitrogens with one attached hydrogen (secondary N) is 1. The molecule has 0 radical (unpaired) electrons. The van der Waals surface area contributed by atoms with E-state index in [-0.39, 0.29) is 35.7 Å². The number of anilines is 1. The van der Waals surface area contributed by atoms with Crippen molar-refractivity contribution >= 4 is 38.5 Å². The van der Waals surface area contributed by atoms with Crippen molar-refractivity contribution in [1.29, 1.82) is 0 Å². The number of rotatable bonds is 12. The zero-order valence-electron chi connectivity index (χ0n) is 22.6.